The van der Waals surface area contributed by atoms with Crippen LogP contribution >= 0.6 is 22.9 Å². The van der Waals surface area contributed by atoms with Crippen LogP contribution in [0.1, 0.15) is 20.8 Å². The van der Waals surface area contributed by atoms with E-state index in [1.165, 1.54) is 6.08 Å². The molecule has 64 valence electrons. The SMILES string of the molecule is C/C(NI)=C(F)\C=C/C(C)C. The predicted octanol–water partition coefficient (Wildman–Crippen LogP) is 3.34. The highest BCUT2D eigenvalue weighted by atomic mass is 127. The Morgan fingerprint density at radius 2 is 2.09 bits per heavy atom. The number of hydrogen-bond donors (Lipinski definition) is 1. The number of halogens is 2. The first-order valence-electron chi connectivity index (χ1n) is 3.49. The summed E-state index contributed by atoms with van der Waals surface area (Å²) in [5, 5.41) is 0. The monoisotopic (exact) mass is 269 g/mol. The molecular formula is C8H13FIN. The Morgan fingerprint density at radius 3 is 2.45 bits per heavy atom. The van der Waals surface area contributed by atoms with Gasteiger partial charge < -0.3 is 3.53 Å². The minimum atomic E-state index is -0.201. The van der Waals surface area contributed by atoms with Gasteiger partial charge in [-0.2, -0.15) is 0 Å². The van der Waals surface area contributed by atoms with Crippen LogP contribution in [0.3, 0.4) is 0 Å². The van der Waals surface area contributed by atoms with E-state index in [4.69, 9.17) is 0 Å². The summed E-state index contributed by atoms with van der Waals surface area (Å²) in [6, 6.07) is 0. The van der Waals surface area contributed by atoms with Crippen LogP contribution in [0.2, 0.25) is 0 Å². The molecule has 11 heavy (non-hydrogen) atoms. The summed E-state index contributed by atoms with van der Waals surface area (Å²) in [7, 11) is 0. The third-order valence-corrected chi connectivity index (χ3v) is 1.94. The molecule has 0 aromatic rings. The molecule has 0 aromatic heterocycles. The summed E-state index contributed by atoms with van der Waals surface area (Å²) in [5.74, 6) is 0.191. The van der Waals surface area contributed by atoms with E-state index in [9.17, 15) is 4.39 Å². The summed E-state index contributed by atoms with van der Waals surface area (Å²) in [4.78, 5) is 0. The van der Waals surface area contributed by atoms with Crippen molar-refractivity contribution in [2.45, 2.75) is 20.8 Å². The summed E-state index contributed by atoms with van der Waals surface area (Å²) in [6.07, 6.45) is 3.32. The van der Waals surface area contributed by atoms with Crippen molar-refractivity contribution in [3.63, 3.8) is 0 Å². The Kier molecular flexibility index (Phi) is 5.54. The van der Waals surface area contributed by atoms with Gasteiger partial charge in [0.1, 0.15) is 5.83 Å². The first-order valence-corrected chi connectivity index (χ1v) is 4.57. The van der Waals surface area contributed by atoms with E-state index in [0.717, 1.165) is 0 Å². The summed E-state index contributed by atoms with van der Waals surface area (Å²) in [6.45, 7) is 5.72. The van der Waals surface area contributed by atoms with Crippen LogP contribution in [0.4, 0.5) is 4.39 Å². The zero-order chi connectivity index (χ0) is 8.85. The molecule has 3 heteroatoms. The maximum Gasteiger partial charge on any atom is 0.142 e. The van der Waals surface area contributed by atoms with Gasteiger partial charge in [0.2, 0.25) is 0 Å². The van der Waals surface area contributed by atoms with Gasteiger partial charge in [0.15, 0.2) is 0 Å². The topological polar surface area (TPSA) is 12.0 Å². The number of nitrogens with one attached hydrogen (secondary N) is 1. The zero-order valence-electron chi connectivity index (χ0n) is 6.99. The van der Waals surface area contributed by atoms with E-state index in [1.807, 2.05) is 42.8 Å². The van der Waals surface area contributed by atoms with Crippen molar-refractivity contribution in [2.75, 3.05) is 0 Å². The Balaban J connectivity index is 4.15. The van der Waals surface area contributed by atoms with E-state index in [-0.39, 0.29) is 5.83 Å². The maximum absolute atomic E-state index is 12.9. The van der Waals surface area contributed by atoms with Crippen LogP contribution in [0.15, 0.2) is 23.7 Å². The van der Waals surface area contributed by atoms with Crippen molar-refractivity contribution in [1.29, 1.82) is 0 Å². The molecular weight excluding hydrogens is 256 g/mol. The predicted molar refractivity (Wildman–Crippen MR) is 54.9 cm³/mol. The van der Waals surface area contributed by atoms with E-state index >= 15 is 0 Å². The molecule has 0 amide bonds. The average molecular weight is 269 g/mol. The molecule has 0 aliphatic rings. The average Bonchev–Trinajstić information content (AvgIpc) is 1.98. The minimum Gasteiger partial charge on any atom is -0.330 e. The molecule has 1 nitrogen and oxygen atoms in total. The Morgan fingerprint density at radius 1 is 1.55 bits per heavy atom. The third kappa shape index (κ3) is 5.24. The van der Waals surface area contributed by atoms with Crippen molar-refractivity contribution in [2.24, 2.45) is 5.92 Å². The van der Waals surface area contributed by atoms with Crippen LogP contribution in [-0.2, 0) is 0 Å². The maximum atomic E-state index is 12.9. The van der Waals surface area contributed by atoms with Gasteiger partial charge in [0, 0.05) is 0 Å². The normalized spacial score (nSPS) is 14.0. The van der Waals surface area contributed by atoms with Gasteiger partial charge in [0.25, 0.3) is 0 Å². The van der Waals surface area contributed by atoms with Crippen molar-refractivity contribution >= 4 is 22.9 Å². The van der Waals surface area contributed by atoms with Crippen molar-refractivity contribution in [1.82, 2.24) is 3.53 Å². The second kappa shape index (κ2) is 5.57. The van der Waals surface area contributed by atoms with Crippen LogP contribution in [0, 0.1) is 5.92 Å². The molecule has 0 rings (SSSR count). The molecule has 0 bridgehead atoms. The number of hydrogen-bond acceptors (Lipinski definition) is 1. The summed E-state index contributed by atoms with van der Waals surface area (Å²) in [5.41, 5.74) is 0.558. The molecule has 0 spiro atoms. The van der Waals surface area contributed by atoms with Gasteiger partial charge in [-0.15, -0.1) is 0 Å². The van der Waals surface area contributed by atoms with Gasteiger partial charge >= 0.3 is 0 Å². The van der Waals surface area contributed by atoms with Gasteiger partial charge in [-0.3, -0.25) is 0 Å². The zero-order valence-corrected chi connectivity index (χ0v) is 9.15. The molecule has 0 heterocycles. The number of allylic oxidation sites excluding steroid dienone is 4. The molecule has 0 saturated heterocycles. The molecule has 0 aliphatic carbocycles. The summed E-state index contributed by atoms with van der Waals surface area (Å²) < 4.78 is 15.6. The van der Waals surface area contributed by atoms with Crippen molar-refractivity contribution < 1.29 is 4.39 Å². The Hall–Kier alpha value is -0.0600. The second-order valence-corrected chi connectivity index (χ2v) is 3.21. The van der Waals surface area contributed by atoms with Crippen LogP contribution in [-0.4, -0.2) is 0 Å². The van der Waals surface area contributed by atoms with E-state index < -0.39 is 0 Å². The minimum absolute atomic E-state index is 0.201. The molecule has 0 radical (unpaired) electrons. The molecule has 0 saturated carbocycles. The van der Waals surface area contributed by atoms with E-state index in [2.05, 4.69) is 3.53 Å². The van der Waals surface area contributed by atoms with Crippen LogP contribution in [0.25, 0.3) is 0 Å². The largest absolute Gasteiger partial charge is 0.330 e. The molecule has 0 atom stereocenters. The highest BCUT2D eigenvalue weighted by Crippen LogP contribution is 2.07. The van der Waals surface area contributed by atoms with Gasteiger partial charge in [0.05, 0.1) is 28.6 Å². The molecule has 0 aromatic carbocycles. The number of rotatable bonds is 3. The van der Waals surface area contributed by atoms with Gasteiger partial charge in [-0.25, -0.2) is 4.39 Å². The van der Waals surface area contributed by atoms with Crippen LogP contribution < -0.4 is 3.53 Å². The summed E-state index contributed by atoms with van der Waals surface area (Å²) >= 11 is 1.90. The van der Waals surface area contributed by atoms with E-state index in [0.29, 0.717) is 11.6 Å². The fourth-order valence-electron chi connectivity index (χ4n) is 0.447. The first kappa shape index (κ1) is 10.9. The van der Waals surface area contributed by atoms with E-state index in [1.54, 1.807) is 6.92 Å². The molecule has 0 aliphatic heterocycles. The fourth-order valence-corrected chi connectivity index (χ4v) is 0.705. The molecule has 0 fully saturated rings. The second-order valence-electron chi connectivity index (χ2n) is 2.67. The van der Waals surface area contributed by atoms with Crippen LogP contribution in [0.5, 0.6) is 0 Å². The lowest BCUT2D eigenvalue weighted by Gasteiger charge is -1.97. The van der Waals surface area contributed by atoms with Crippen molar-refractivity contribution in [3.8, 4) is 0 Å². The quantitative estimate of drug-likeness (QED) is 0.470. The standard InChI is InChI=1S/C8H13FIN/c1-6(2)4-5-8(9)7(3)11-10/h4-6,11H,1-3H3/b5-4-,8-7-. The fraction of sp³-hybridized carbons (Fsp3) is 0.500. The molecule has 1 N–H and O–H groups in total. The van der Waals surface area contributed by atoms with Gasteiger partial charge in [-0.1, -0.05) is 19.9 Å². The lowest BCUT2D eigenvalue weighted by atomic mass is 10.2. The Labute approximate surface area is 81.2 Å². The Bertz CT molecular complexity index is 173. The smallest absolute Gasteiger partial charge is 0.142 e. The third-order valence-electron chi connectivity index (χ3n) is 1.13. The highest BCUT2D eigenvalue weighted by molar-refractivity contribution is 14.1. The highest BCUT2D eigenvalue weighted by Gasteiger charge is 1.94. The van der Waals surface area contributed by atoms with Gasteiger partial charge in [-0.05, 0) is 18.9 Å². The lowest BCUT2D eigenvalue weighted by Crippen LogP contribution is -1.94. The van der Waals surface area contributed by atoms with Crippen molar-refractivity contribution in [3.05, 3.63) is 23.7 Å². The lowest BCUT2D eigenvalue weighted by molar-refractivity contribution is 0.647. The molecule has 0 unspecified atom stereocenters. The first-order chi connectivity index (χ1) is 5.07.